The average molecular weight is 338 g/mol. The highest BCUT2D eigenvalue weighted by Gasteiger charge is 2.14. The van der Waals surface area contributed by atoms with Crippen molar-refractivity contribution in [2.45, 2.75) is 6.42 Å². The molecule has 0 fully saturated rings. The summed E-state index contributed by atoms with van der Waals surface area (Å²) in [6.45, 7) is 1.06. The quantitative estimate of drug-likeness (QED) is 0.922. The fourth-order valence-electron chi connectivity index (χ4n) is 2.18. The van der Waals surface area contributed by atoms with Crippen LogP contribution in [0.25, 0.3) is 0 Å². The highest BCUT2D eigenvalue weighted by molar-refractivity contribution is 6.43. The van der Waals surface area contributed by atoms with Crippen LogP contribution < -0.4 is 14.8 Å². The van der Waals surface area contributed by atoms with E-state index >= 15 is 0 Å². The summed E-state index contributed by atoms with van der Waals surface area (Å²) >= 11 is 12.0. The molecule has 0 aromatic heterocycles. The Morgan fingerprint density at radius 1 is 1.09 bits per heavy atom. The van der Waals surface area contributed by atoms with Gasteiger partial charge < -0.3 is 14.8 Å². The molecule has 2 aromatic rings. The second-order valence-electron chi connectivity index (χ2n) is 4.80. The minimum absolute atomic E-state index is 0.180. The number of fused-ring (bicyclic) bond motifs is 1. The van der Waals surface area contributed by atoms with Crippen molar-refractivity contribution in [3.05, 3.63) is 52.0 Å². The van der Waals surface area contributed by atoms with E-state index in [1.54, 1.807) is 18.2 Å². The normalized spacial score (nSPS) is 12.8. The van der Waals surface area contributed by atoms with Crippen LogP contribution in [-0.2, 0) is 11.2 Å². The number of anilines is 1. The number of benzene rings is 2. The zero-order valence-electron chi connectivity index (χ0n) is 11.6. The van der Waals surface area contributed by atoms with E-state index in [0.29, 0.717) is 40.4 Å². The minimum atomic E-state index is -0.180. The third-order valence-corrected chi connectivity index (χ3v) is 4.02. The SMILES string of the molecule is O=C(Cc1ccc2c(c1)OCCO2)Nc1cccc(Cl)c1Cl. The molecule has 1 amide bonds. The fraction of sp³-hybridized carbons (Fsp3) is 0.188. The maximum atomic E-state index is 12.1. The monoisotopic (exact) mass is 337 g/mol. The molecule has 4 nitrogen and oxygen atoms in total. The molecule has 1 N–H and O–H groups in total. The van der Waals surface area contributed by atoms with Gasteiger partial charge in [-0.2, -0.15) is 0 Å². The number of carbonyl (C=O) groups is 1. The molecule has 1 aliphatic heterocycles. The van der Waals surface area contributed by atoms with Gasteiger partial charge in [0.2, 0.25) is 5.91 Å². The van der Waals surface area contributed by atoms with E-state index in [4.69, 9.17) is 32.7 Å². The second-order valence-corrected chi connectivity index (χ2v) is 5.59. The molecule has 3 rings (SSSR count). The summed E-state index contributed by atoms with van der Waals surface area (Å²) in [7, 11) is 0. The zero-order valence-corrected chi connectivity index (χ0v) is 13.1. The lowest BCUT2D eigenvalue weighted by molar-refractivity contribution is -0.115. The predicted octanol–water partition coefficient (Wildman–Crippen LogP) is 3.95. The maximum Gasteiger partial charge on any atom is 0.228 e. The molecule has 0 atom stereocenters. The van der Waals surface area contributed by atoms with Crippen LogP contribution in [0, 0.1) is 0 Å². The standard InChI is InChI=1S/C16H13Cl2NO3/c17-11-2-1-3-12(16(11)18)19-15(20)9-10-4-5-13-14(8-10)22-7-6-21-13/h1-5,8H,6-7,9H2,(H,19,20). The van der Waals surface area contributed by atoms with Crippen molar-refractivity contribution in [3.8, 4) is 11.5 Å². The van der Waals surface area contributed by atoms with Gasteiger partial charge in [-0.15, -0.1) is 0 Å². The Hall–Kier alpha value is -1.91. The topological polar surface area (TPSA) is 47.6 Å². The third-order valence-electron chi connectivity index (χ3n) is 3.20. The summed E-state index contributed by atoms with van der Waals surface area (Å²) in [4.78, 5) is 12.1. The van der Waals surface area contributed by atoms with Gasteiger partial charge in [-0.05, 0) is 29.8 Å². The Bertz CT molecular complexity index is 719. The van der Waals surface area contributed by atoms with Crippen LogP contribution in [0.15, 0.2) is 36.4 Å². The third kappa shape index (κ3) is 3.29. The summed E-state index contributed by atoms with van der Waals surface area (Å²) in [6.07, 6.45) is 0.208. The molecule has 0 bridgehead atoms. The summed E-state index contributed by atoms with van der Waals surface area (Å²) in [5, 5.41) is 3.49. The number of nitrogens with one attached hydrogen (secondary N) is 1. The van der Waals surface area contributed by atoms with Crippen molar-refractivity contribution in [1.82, 2.24) is 0 Å². The van der Waals surface area contributed by atoms with Crippen molar-refractivity contribution in [3.63, 3.8) is 0 Å². The molecule has 114 valence electrons. The average Bonchev–Trinajstić information content (AvgIpc) is 2.52. The Morgan fingerprint density at radius 2 is 1.86 bits per heavy atom. The van der Waals surface area contributed by atoms with E-state index < -0.39 is 0 Å². The number of hydrogen-bond acceptors (Lipinski definition) is 3. The van der Waals surface area contributed by atoms with Crippen LogP contribution >= 0.6 is 23.2 Å². The lowest BCUT2D eigenvalue weighted by Crippen LogP contribution is -2.17. The molecule has 22 heavy (non-hydrogen) atoms. The predicted molar refractivity (Wildman–Crippen MR) is 86.2 cm³/mol. The van der Waals surface area contributed by atoms with Crippen molar-refractivity contribution in [1.29, 1.82) is 0 Å². The molecule has 1 heterocycles. The van der Waals surface area contributed by atoms with Crippen LogP contribution in [0.1, 0.15) is 5.56 Å². The first-order chi connectivity index (χ1) is 10.6. The van der Waals surface area contributed by atoms with E-state index in [2.05, 4.69) is 5.32 Å². The Balaban J connectivity index is 1.70. The molecular weight excluding hydrogens is 325 g/mol. The Labute approximate surface area is 137 Å². The van der Waals surface area contributed by atoms with Crippen LogP contribution in [-0.4, -0.2) is 19.1 Å². The van der Waals surface area contributed by atoms with E-state index in [-0.39, 0.29) is 12.3 Å². The Kier molecular flexibility index (Phi) is 4.41. The molecule has 6 heteroatoms. The van der Waals surface area contributed by atoms with Gasteiger partial charge in [-0.1, -0.05) is 35.3 Å². The highest BCUT2D eigenvalue weighted by Crippen LogP contribution is 2.32. The van der Waals surface area contributed by atoms with Crippen LogP contribution in [0.5, 0.6) is 11.5 Å². The smallest absolute Gasteiger partial charge is 0.228 e. The number of amides is 1. The highest BCUT2D eigenvalue weighted by atomic mass is 35.5. The summed E-state index contributed by atoms with van der Waals surface area (Å²) in [6, 6.07) is 10.6. The zero-order chi connectivity index (χ0) is 15.5. The molecular formula is C16H13Cl2NO3. The molecule has 1 aliphatic rings. The van der Waals surface area contributed by atoms with Crippen molar-refractivity contribution < 1.29 is 14.3 Å². The van der Waals surface area contributed by atoms with Gasteiger partial charge in [0.05, 0.1) is 22.2 Å². The number of hydrogen-bond donors (Lipinski definition) is 1. The van der Waals surface area contributed by atoms with Gasteiger partial charge in [0, 0.05) is 0 Å². The first-order valence-corrected chi connectivity index (χ1v) is 7.51. The fourth-order valence-corrected chi connectivity index (χ4v) is 2.53. The van der Waals surface area contributed by atoms with E-state index in [9.17, 15) is 4.79 Å². The number of carbonyl (C=O) groups excluding carboxylic acids is 1. The van der Waals surface area contributed by atoms with E-state index in [1.807, 2.05) is 18.2 Å². The van der Waals surface area contributed by atoms with Crippen LogP contribution in [0.4, 0.5) is 5.69 Å². The molecule has 2 aromatic carbocycles. The summed E-state index contributed by atoms with van der Waals surface area (Å²) in [5.41, 5.74) is 1.33. The number of ether oxygens (including phenoxy) is 2. The first kappa shape index (κ1) is 15.0. The van der Waals surface area contributed by atoms with Gasteiger partial charge in [-0.3, -0.25) is 4.79 Å². The molecule has 0 radical (unpaired) electrons. The molecule has 0 unspecified atom stereocenters. The van der Waals surface area contributed by atoms with Crippen molar-refractivity contribution in [2.75, 3.05) is 18.5 Å². The summed E-state index contributed by atoms with van der Waals surface area (Å²) in [5.74, 6) is 1.19. The second kappa shape index (κ2) is 6.46. The lowest BCUT2D eigenvalue weighted by Gasteiger charge is -2.18. The minimum Gasteiger partial charge on any atom is -0.486 e. The molecule has 0 spiro atoms. The van der Waals surface area contributed by atoms with Gasteiger partial charge in [0.25, 0.3) is 0 Å². The molecule has 0 saturated heterocycles. The van der Waals surface area contributed by atoms with E-state index in [1.165, 1.54) is 0 Å². The Morgan fingerprint density at radius 3 is 2.68 bits per heavy atom. The van der Waals surface area contributed by atoms with Gasteiger partial charge >= 0.3 is 0 Å². The lowest BCUT2D eigenvalue weighted by atomic mass is 10.1. The number of rotatable bonds is 3. The van der Waals surface area contributed by atoms with Crippen molar-refractivity contribution in [2.24, 2.45) is 0 Å². The van der Waals surface area contributed by atoms with Crippen LogP contribution in [0.2, 0.25) is 10.0 Å². The molecule has 0 saturated carbocycles. The van der Waals surface area contributed by atoms with E-state index in [0.717, 1.165) is 5.56 Å². The first-order valence-electron chi connectivity index (χ1n) is 6.76. The van der Waals surface area contributed by atoms with Gasteiger partial charge in [-0.25, -0.2) is 0 Å². The maximum absolute atomic E-state index is 12.1. The number of halogens is 2. The van der Waals surface area contributed by atoms with Gasteiger partial charge in [0.1, 0.15) is 13.2 Å². The summed E-state index contributed by atoms with van der Waals surface area (Å²) < 4.78 is 11.0. The van der Waals surface area contributed by atoms with Crippen molar-refractivity contribution >= 4 is 34.8 Å². The largest absolute Gasteiger partial charge is 0.486 e. The van der Waals surface area contributed by atoms with Crippen LogP contribution in [0.3, 0.4) is 0 Å². The molecule has 0 aliphatic carbocycles. The van der Waals surface area contributed by atoms with Gasteiger partial charge in [0.15, 0.2) is 11.5 Å².